The lowest BCUT2D eigenvalue weighted by Crippen LogP contribution is -2.20. The minimum absolute atomic E-state index is 0.236. The zero-order valence-electron chi connectivity index (χ0n) is 13.9. The van der Waals surface area contributed by atoms with Gasteiger partial charge in [-0.25, -0.2) is 22.0 Å². The standard InChI is InChI=1S/C17H15F5N2O/c1-7-5-9(24(3)4)6-8(2)16(7)23-17(25)10-11(18)13(20)15(22)14(21)12(10)19/h5-6H,1-4H3,(H,23,25). The first kappa shape index (κ1) is 18.7. The number of carbonyl (C=O) groups excluding carboxylic acids is 1. The lowest BCUT2D eigenvalue weighted by atomic mass is 10.1. The van der Waals surface area contributed by atoms with E-state index in [0.717, 1.165) is 5.69 Å². The first-order chi connectivity index (χ1) is 11.6. The number of benzene rings is 2. The van der Waals surface area contributed by atoms with Crippen molar-refractivity contribution in [3.63, 3.8) is 0 Å². The van der Waals surface area contributed by atoms with Crippen molar-refractivity contribution in [2.24, 2.45) is 0 Å². The molecule has 8 heteroatoms. The molecule has 1 N–H and O–H groups in total. The van der Waals surface area contributed by atoms with E-state index in [1.165, 1.54) is 0 Å². The van der Waals surface area contributed by atoms with Crippen LogP contribution in [-0.2, 0) is 0 Å². The van der Waals surface area contributed by atoms with Crippen LogP contribution < -0.4 is 10.2 Å². The van der Waals surface area contributed by atoms with Crippen molar-refractivity contribution in [2.45, 2.75) is 13.8 Å². The summed E-state index contributed by atoms with van der Waals surface area (Å²) in [5, 5.41) is 2.22. The van der Waals surface area contributed by atoms with Crippen LogP contribution in [0.3, 0.4) is 0 Å². The second-order valence-electron chi connectivity index (χ2n) is 5.75. The number of rotatable bonds is 3. The summed E-state index contributed by atoms with van der Waals surface area (Å²) >= 11 is 0. The quantitative estimate of drug-likeness (QED) is 0.504. The molecule has 2 aromatic rings. The molecule has 0 spiro atoms. The van der Waals surface area contributed by atoms with Gasteiger partial charge in [0.2, 0.25) is 5.82 Å². The van der Waals surface area contributed by atoms with Crippen molar-refractivity contribution < 1.29 is 26.7 Å². The molecule has 0 atom stereocenters. The topological polar surface area (TPSA) is 32.3 Å². The van der Waals surface area contributed by atoms with E-state index in [4.69, 9.17) is 0 Å². The van der Waals surface area contributed by atoms with Crippen molar-refractivity contribution >= 4 is 17.3 Å². The number of carbonyl (C=O) groups is 1. The summed E-state index contributed by atoms with van der Waals surface area (Å²) in [7, 11) is 3.61. The van der Waals surface area contributed by atoms with Crippen LogP contribution in [0.4, 0.5) is 33.3 Å². The molecule has 0 unspecified atom stereocenters. The fourth-order valence-electron chi connectivity index (χ4n) is 2.38. The molecule has 0 fully saturated rings. The van der Waals surface area contributed by atoms with Gasteiger partial charge in [0.15, 0.2) is 23.3 Å². The molecule has 3 nitrogen and oxygen atoms in total. The van der Waals surface area contributed by atoms with E-state index >= 15 is 0 Å². The zero-order chi connectivity index (χ0) is 19.0. The van der Waals surface area contributed by atoms with Crippen LogP contribution in [0, 0.1) is 42.9 Å². The molecule has 0 saturated heterocycles. The second kappa shape index (κ2) is 6.70. The number of nitrogens with zero attached hydrogens (tertiary/aromatic N) is 1. The highest BCUT2D eigenvalue weighted by molar-refractivity contribution is 6.05. The largest absolute Gasteiger partial charge is 0.378 e. The van der Waals surface area contributed by atoms with Gasteiger partial charge in [-0.15, -0.1) is 0 Å². The summed E-state index contributed by atoms with van der Waals surface area (Å²) in [6.07, 6.45) is 0. The van der Waals surface area contributed by atoms with Crippen molar-refractivity contribution in [3.05, 3.63) is 57.9 Å². The molecule has 1 amide bonds. The fraction of sp³-hybridized carbons (Fsp3) is 0.235. The zero-order valence-corrected chi connectivity index (χ0v) is 13.9. The van der Waals surface area contributed by atoms with Gasteiger partial charge in [-0.2, -0.15) is 0 Å². The van der Waals surface area contributed by atoms with Crippen LogP contribution in [0.5, 0.6) is 0 Å². The predicted octanol–water partition coefficient (Wildman–Crippen LogP) is 4.32. The molecule has 0 bridgehead atoms. The predicted molar refractivity (Wildman–Crippen MR) is 84.4 cm³/mol. The maximum Gasteiger partial charge on any atom is 0.261 e. The third-order valence-corrected chi connectivity index (χ3v) is 3.71. The van der Waals surface area contributed by atoms with Crippen LogP contribution in [0.1, 0.15) is 21.5 Å². The molecule has 134 valence electrons. The Bertz CT molecular complexity index is 813. The van der Waals surface area contributed by atoms with Crippen molar-refractivity contribution in [1.29, 1.82) is 0 Å². The Morgan fingerprint density at radius 3 is 1.64 bits per heavy atom. The van der Waals surface area contributed by atoms with Gasteiger partial charge in [0.05, 0.1) is 0 Å². The van der Waals surface area contributed by atoms with Gasteiger partial charge >= 0.3 is 0 Å². The summed E-state index contributed by atoms with van der Waals surface area (Å²) in [6.45, 7) is 3.29. The molecule has 25 heavy (non-hydrogen) atoms. The molecule has 0 saturated carbocycles. The molecule has 0 heterocycles. The third-order valence-electron chi connectivity index (χ3n) is 3.71. The van der Waals surface area contributed by atoms with Gasteiger partial charge in [-0.1, -0.05) is 0 Å². The molecule has 0 aliphatic heterocycles. The maximum atomic E-state index is 13.7. The lowest BCUT2D eigenvalue weighted by Gasteiger charge is -2.18. The van der Waals surface area contributed by atoms with Crippen LogP contribution >= 0.6 is 0 Å². The first-order valence-corrected chi connectivity index (χ1v) is 7.17. The number of halogens is 5. The number of amides is 1. The van der Waals surface area contributed by atoms with Crippen LogP contribution in [0.2, 0.25) is 0 Å². The highest BCUT2D eigenvalue weighted by Gasteiger charge is 2.30. The molecule has 0 aromatic heterocycles. The van der Waals surface area contributed by atoms with E-state index in [0.29, 0.717) is 11.1 Å². The fourth-order valence-corrected chi connectivity index (χ4v) is 2.38. The van der Waals surface area contributed by atoms with E-state index in [1.54, 1.807) is 40.1 Å². The number of nitrogens with one attached hydrogen (secondary N) is 1. The van der Waals surface area contributed by atoms with Gasteiger partial charge in [-0.05, 0) is 37.1 Å². The van der Waals surface area contributed by atoms with Crippen LogP contribution in [0.25, 0.3) is 0 Å². The lowest BCUT2D eigenvalue weighted by molar-refractivity contribution is 0.101. The first-order valence-electron chi connectivity index (χ1n) is 7.17. The van der Waals surface area contributed by atoms with Gasteiger partial charge in [-0.3, -0.25) is 4.79 Å². The van der Waals surface area contributed by atoms with Crippen LogP contribution in [0.15, 0.2) is 12.1 Å². The van der Waals surface area contributed by atoms with Gasteiger partial charge < -0.3 is 10.2 Å². The normalized spacial score (nSPS) is 10.8. The molecular formula is C17H15F5N2O. The number of anilines is 2. The average molecular weight is 358 g/mol. The van der Waals surface area contributed by atoms with E-state index in [-0.39, 0.29) is 5.69 Å². The third kappa shape index (κ3) is 3.29. The Morgan fingerprint density at radius 1 is 0.840 bits per heavy atom. The Hall–Kier alpha value is -2.64. The number of aryl methyl sites for hydroxylation is 2. The molecule has 0 aliphatic carbocycles. The van der Waals surface area contributed by atoms with Crippen LogP contribution in [-0.4, -0.2) is 20.0 Å². The average Bonchev–Trinajstić information content (AvgIpc) is 2.54. The van der Waals surface area contributed by atoms with E-state index in [1.807, 2.05) is 4.90 Å². The van der Waals surface area contributed by atoms with E-state index < -0.39 is 40.6 Å². The van der Waals surface area contributed by atoms with Crippen molar-refractivity contribution in [1.82, 2.24) is 0 Å². The molecule has 2 rings (SSSR count). The summed E-state index contributed by atoms with van der Waals surface area (Å²) in [5.74, 6) is -12.4. The van der Waals surface area contributed by atoms with Crippen molar-refractivity contribution in [2.75, 3.05) is 24.3 Å². The minimum Gasteiger partial charge on any atom is -0.378 e. The molecule has 2 aromatic carbocycles. The SMILES string of the molecule is Cc1cc(N(C)C)cc(C)c1NC(=O)c1c(F)c(F)c(F)c(F)c1F. The van der Waals surface area contributed by atoms with Gasteiger partial charge in [0, 0.05) is 25.5 Å². The molecular weight excluding hydrogens is 343 g/mol. The Kier molecular flexibility index (Phi) is 5.01. The molecule has 0 radical (unpaired) electrons. The highest BCUT2D eigenvalue weighted by Crippen LogP contribution is 2.28. The summed E-state index contributed by atoms with van der Waals surface area (Å²) in [5.41, 5.74) is 0.678. The Morgan fingerprint density at radius 2 is 1.24 bits per heavy atom. The van der Waals surface area contributed by atoms with Gasteiger partial charge in [0.1, 0.15) is 5.56 Å². The Labute approximate surface area is 141 Å². The highest BCUT2D eigenvalue weighted by atomic mass is 19.2. The summed E-state index contributed by atoms with van der Waals surface area (Å²) in [6, 6.07) is 3.42. The number of hydrogen-bond acceptors (Lipinski definition) is 2. The Balaban J connectivity index is 2.49. The maximum absolute atomic E-state index is 13.7. The minimum atomic E-state index is -2.31. The molecule has 0 aliphatic rings. The van der Waals surface area contributed by atoms with E-state index in [9.17, 15) is 26.7 Å². The summed E-state index contributed by atoms with van der Waals surface area (Å²) < 4.78 is 67.1. The van der Waals surface area contributed by atoms with Crippen molar-refractivity contribution in [3.8, 4) is 0 Å². The monoisotopic (exact) mass is 358 g/mol. The van der Waals surface area contributed by atoms with Gasteiger partial charge in [0.25, 0.3) is 5.91 Å². The van der Waals surface area contributed by atoms with E-state index in [2.05, 4.69) is 5.32 Å². The smallest absolute Gasteiger partial charge is 0.261 e. The number of hydrogen-bond donors (Lipinski definition) is 1. The summed E-state index contributed by atoms with van der Waals surface area (Å²) in [4.78, 5) is 14.0. The second-order valence-corrected chi connectivity index (χ2v) is 5.75.